The molecule has 0 aromatic heterocycles. The highest BCUT2D eigenvalue weighted by Gasteiger charge is 2.57. The monoisotopic (exact) mass is 236 g/mol. The molecule has 3 aliphatic rings. The lowest BCUT2D eigenvalue weighted by Gasteiger charge is -2.47. The SMILES string of the molecule is C[C@H]1C[C@H]2C=C[C@@H]3COC(=O)[C@]3(C)[C@@H]2C[C@@H]1O. The van der Waals surface area contributed by atoms with E-state index in [0.29, 0.717) is 18.4 Å². The van der Waals surface area contributed by atoms with Crippen molar-refractivity contribution in [1.82, 2.24) is 0 Å². The Morgan fingerprint density at radius 3 is 2.94 bits per heavy atom. The fourth-order valence-electron chi connectivity index (χ4n) is 3.92. The number of hydrogen-bond acceptors (Lipinski definition) is 3. The van der Waals surface area contributed by atoms with Gasteiger partial charge in [-0.25, -0.2) is 0 Å². The Morgan fingerprint density at radius 2 is 2.18 bits per heavy atom. The molecule has 0 aromatic carbocycles. The molecule has 2 aliphatic carbocycles. The Kier molecular flexibility index (Phi) is 2.37. The zero-order valence-electron chi connectivity index (χ0n) is 10.4. The third-order valence-corrected chi connectivity index (χ3v) is 5.28. The van der Waals surface area contributed by atoms with Crippen molar-refractivity contribution in [2.24, 2.45) is 29.1 Å². The molecule has 1 aliphatic heterocycles. The van der Waals surface area contributed by atoms with E-state index < -0.39 is 5.41 Å². The summed E-state index contributed by atoms with van der Waals surface area (Å²) in [5.41, 5.74) is -0.402. The summed E-state index contributed by atoms with van der Waals surface area (Å²) >= 11 is 0. The van der Waals surface area contributed by atoms with Gasteiger partial charge in [-0.1, -0.05) is 19.1 Å². The quantitative estimate of drug-likeness (QED) is 0.515. The molecular weight excluding hydrogens is 216 g/mol. The molecule has 94 valence electrons. The Bertz CT molecular complexity index is 376. The normalized spacial score (nSPS) is 52.9. The van der Waals surface area contributed by atoms with Crippen molar-refractivity contribution in [3.8, 4) is 0 Å². The molecular formula is C14H20O3. The number of carbonyl (C=O) groups is 1. The molecule has 3 nitrogen and oxygen atoms in total. The summed E-state index contributed by atoms with van der Waals surface area (Å²) in [4.78, 5) is 12.0. The first-order valence-electron chi connectivity index (χ1n) is 6.57. The van der Waals surface area contributed by atoms with Crippen LogP contribution in [0.4, 0.5) is 0 Å². The first-order chi connectivity index (χ1) is 8.03. The average molecular weight is 236 g/mol. The van der Waals surface area contributed by atoms with Crippen molar-refractivity contribution in [3.05, 3.63) is 12.2 Å². The maximum absolute atomic E-state index is 12.0. The molecule has 2 fully saturated rings. The van der Waals surface area contributed by atoms with E-state index in [1.54, 1.807) is 0 Å². The second-order valence-corrected chi connectivity index (χ2v) is 6.16. The molecule has 1 saturated carbocycles. The number of fused-ring (bicyclic) bond motifs is 3. The van der Waals surface area contributed by atoms with Crippen LogP contribution < -0.4 is 0 Å². The summed E-state index contributed by atoms with van der Waals surface area (Å²) in [5, 5.41) is 10.1. The second-order valence-electron chi connectivity index (χ2n) is 6.16. The molecule has 3 rings (SSSR count). The lowest BCUT2D eigenvalue weighted by molar-refractivity contribution is -0.151. The minimum absolute atomic E-state index is 0.0661. The van der Waals surface area contributed by atoms with Crippen LogP contribution in [0.3, 0.4) is 0 Å². The minimum atomic E-state index is -0.402. The fourth-order valence-corrected chi connectivity index (χ4v) is 3.92. The molecule has 17 heavy (non-hydrogen) atoms. The molecule has 0 unspecified atom stereocenters. The van der Waals surface area contributed by atoms with Crippen molar-refractivity contribution < 1.29 is 14.6 Å². The summed E-state index contributed by atoms with van der Waals surface area (Å²) in [6, 6.07) is 0. The average Bonchev–Trinajstić information content (AvgIpc) is 2.59. The van der Waals surface area contributed by atoms with Gasteiger partial charge >= 0.3 is 5.97 Å². The Morgan fingerprint density at radius 1 is 1.41 bits per heavy atom. The molecule has 0 spiro atoms. The van der Waals surface area contributed by atoms with E-state index in [-0.39, 0.29) is 23.9 Å². The summed E-state index contributed by atoms with van der Waals surface area (Å²) < 4.78 is 5.24. The largest absolute Gasteiger partial charge is 0.465 e. The lowest BCUT2D eigenvalue weighted by Crippen LogP contribution is -2.48. The maximum Gasteiger partial charge on any atom is 0.312 e. The Labute approximate surface area is 102 Å². The summed E-state index contributed by atoms with van der Waals surface area (Å²) in [7, 11) is 0. The zero-order valence-corrected chi connectivity index (χ0v) is 10.4. The standard InChI is InChI=1S/C14H20O3/c1-8-5-9-3-4-10-7-17-13(16)14(10,2)11(9)6-12(8)15/h3-4,8-12,15H,5-7H2,1-2H3/t8-,9+,10+,11+,12-,14-/m0/s1. The summed E-state index contributed by atoms with van der Waals surface area (Å²) in [6.07, 6.45) is 5.86. The second kappa shape index (κ2) is 3.58. The molecule has 3 heteroatoms. The lowest BCUT2D eigenvalue weighted by atomic mass is 9.55. The molecule has 1 saturated heterocycles. The highest BCUT2D eigenvalue weighted by Crippen LogP contribution is 2.54. The number of aliphatic hydroxyl groups is 1. The van der Waals surface area contributed by atoms with Crippen LogP contribution in [-0.4, -0.2) is 23.8 Å². The van der Waals surface area contributed by atoms with E-state index >= 15 is 0 Å². The van der Waals surface area contributed by atoms with Gasteiger partial charge < -0.3 is 9.84 Å². The molecule has 0 radical (unpaired) electrons. The number of ether oxygens (including phenoxy) is 1. The van der Waals surface area contributed by atoms with Gasteiger partial charge in [0.05, 0.1) is 18.1 Å². The van der Waals surface area contributed by atoms with Gasteiger partial charge in [0, 0.05) is 5.92 Å². The number of esters is 1. The highest BCUT2D eigenvalue weighted by molar-refractivity contribution is 5.80. The van der Waals surface area contributed by atoms with Gasteiger partial charge in [-0.05, 0) is 37.5 Å². The van der Waals surface area contributed by atoms with Crippen molar-refractivity contribution in [3.63, 3.8) is 0 Å². The minimum Gasteiger partial charge on any atom is -0.465 e. The van der Waals surface area contributed by atoms with Crippen molar-refractivity contribution >= 4 is 5.97 Å². The van der Waals surface area contributed by atoms with Gasteiger partial charge in [-0.3, -0.25) is 4.79 Å². The van der Waals surface area contributed by atoms with E-state index in [1.165, 1.54) is 0 Å². The van der Waals surface area contributed by atoms with Gasteiger partial charge in [0.1, 0.15) is 0 Å². The number of rotatable bonds is 0. The van der Waals surface area contributed by atoms with Crippen LogP contribution >= 0.6 is 0 Å². The predicted octanol–water partition coefficient (Wildman–Crippen LogP) is 1.76. The van der Waals surface area contributed by atoms with Gasteiger partial charge in [-0.15, -0.1) is 0 Å². The third-order valence-electron chi connectivity index (χ3n) is 5.28. The number of allylic oxidation sites excluding steroid dienone is 1. The first-order valence-corrected chi connectivity index (χ1v) is 6.57. The van der Waals surface area contributed by atoms with Crippen LogP contribution in [0.15, 0.2) is 12.2 Å². The maximum atomic E-state index is 12.0. The van der Waals surface area contributed by atoms with E-state index in [1.807, 2.05) is 6.92 Å². The molecule has 1 heterocycles. The number of cyclic esters (lactones) is 1. The van der Waals surface area contributed by atoms with Crippen LogP contribution in [0, 0.1) is 29.1 Å². The molecule has 0 bridgehead atoms. The van der Waals surface area contributed by atoms with Crippen LogP contribution in [0.1, 0.15) is 26.7 Å². The van der Waals surface area contributed by atoms with Crippen LogP contribution in [0.2, 0.25) is 0 Å². The van der Waals surface area contributed by atoms with E-state index in [0.717, 1.165) is 12.8 Å². The zero-order chi connectivity index (χ0) is 12.2. The van der Waals surface area contributed by atoms with Crippen molar-refractivity contribution in [2.45, 2.75) is 32.8 Å². The van der Waals surface area contributed by atoms with Crippen molar-refractivity contribution in [2.75, 3.05) is 6.61 Å². The molecule has 1 N–H and O–H groups in total. The van der Waals surface area contributed by atoms with E-state index in [4.69, 9.17) is 4.74 Å². The van der Waals surface area contributed by atoms with Gasteiger partial charge in [0.15, 0.2) is 0 Å². The van der Waals surface area contributed by atoms with Crippen LogP contribution in [0.5, 0.6) is 0 Å². The van der Waals surface area contributed by atoms with Gasteiger partial charge in [0.2, 0.25) is 0 Å². The first kappa shape index (κ1) is 11.3. The van der Waals surface area contributed by atoms with Gasteiger partial charge in [-0.2, -0.15) is 0 Å². The van der Waals surface area contributed by atoms with Gasteiger partial charge in [0.25, 0.3) is 0 Å². The molecule has 0 aromatic rings. The number of carbonyl (C=O) groups excluding carboxylic acids is 1. The van der Waals surface area contributed by atoms with E-state index in [2.05, 4.69) is 19.1 Å². The molecule has 0 amide bonds. The smallest absolute Gasteiger partial charge is 0.312 e. The van der Waals surface area contributed by atoms with Crippen molar-refractivity contribution in [1.29, 1.82) is 0 Å². The number of aliphatic hydroxyl groups excluding tert-OH is 1. The summed E-state index contributed by atoms with van der Waals surface area (Å²) in [5.74, 6) is 1.15. The predicted molar refractivity (Wildman–Crippen MR) is 63.1 cm³/mol. The number of hydrogen-bond donors (Lipinski definition) is 1. The molecule has 6 atom stereocenters. The van der Waals surface area contributed by atoms with E-state index in [9.17, 15) is 9.90 Å². The van der Waals surface area contributed by atoms with Crippen LogP contribution in [0.25, 0.3) is 0 Å². The summed E-state index contributed by atoms with van der Waals surface area (Å²) in [6.45, 7) is 4.63. The highest BCUT2D eigenvalue weighted by atomic mass is 16.5. The Hall–Kier alpha value is -0.830. The Balaban J connectivity index is 1.97. The fraction of sp³-hybridized carbons (Fsp3) is 0.786. The van der Waals surface area contributed by atoms with Crippen LogP contribution in [-0.2, 0) is 9.53 Å². The third kappa shape index (κ3) is 1.41. The topological polar surface area (TPSA) is 46.5 Å².